The average molecular weight is 367 g/mol. The normalized spacial score (nSPS) is 17.1. The van der Waals surface area contributed by atoms with Crippen LogP contribution >= 0.6 is 0 Å². The lowest BCUT2D eigenvalue weighted by molar-refractivity contribution is 0.184. The van der Waals surface area contributed by atoms with Gasteiger partial charge in [0.2, 0.25) is 5.89 Å². The topological polar surface area (TPSA) is 93.4 Å². The average Bonchev–Trinajstić information content (AvgIpc) is 3.15. The van der Waals surface area contributed by atoms with Gasteiger partial charge in [0.1, 0.15) is 5.75 Å². The second-order valence-corrected chi connectivity index (χ2v) is 6.61. The minimum atomic E-state index is -0.159. The predicted molar refractivity (Wildman–Crippen MR) is 99.9 cm³/mol. The van der Waals surface area contributed by atoms with Crippen LogP contribution in [-0.2, 0) is 0 Å². The molecule has 8 heteroatoms. The van der Waals surface area contributed by atoms with Crippen molar-refractivity contribution in [2.75, 3.05) is 25.5 Å². The van der Waals surface area contributed by atoms with E-state index in [2.05, 4.69) is 20.4 Å². The third-order valence-corrected chi connectivity index (χ3v) is 4.79. The summed E-state index contributed by atoms with van der Waals surface area (Å²) in [6.07, 6.45) is 3.52. The zero-order valence-corrected chi connectivity index (χ0v) is 15.3. The summed E-state index contributed by atoms with van der Waals surface area (Å²) >= 11 is 0. The van der Waals surface area contributed by atoms with Gasteiger partial charge in [-0.1, -0.05) is 5.16 Å². The number of rotatable bonds is 3. The van der Waals surface area contributed by atoms with E-state index in [1.807, 2.05) is 24.3 Å². The Hall–Kier alpha value is -3.16. The number of carbonyl (C=O) groups excluding carboxylic acids is 1. The number of methoxy groups -OCH3 is 1. The quantitative estimate of drug-likeness (QED) is 0.763. The number of anilines is 1. The number of ether oxygens (including phenoxy) is 1. The number of urea groups is 1. The molecule has 0 bridgehead atoms. The third kappa shape index (κ3) is 3.42. The van der Waals surface area contributed by atoms with Crippen molar-refractivity contribution in [2.45, 2.75) is 25.7 Å². The number of likely N-dealkylation sites (tertiary alicyclic amines) is 1. The summed E-state index contributed by atoms with van der Waals surface area (Å²) in [6, 6.07) is 7.26. The van der Waals surface area contributed by atoms with E-state index in [1.165, 1.54) is 0 Å². The van der Waals surface area contributed by atoms with Crippen LogP contribution in [0.3, 0.4) is 0 Å². The summed E-state index contributed by atoms with van der Waals surface area (Å²) in [7, 11) is 1.62. The molecule has 1 atom stereocenters. The van der Waals surface area contributed by atoms with Crippen molar-refractivity contribution in [1.29, 1.82) is 0 Å². The first-order valence-corrected chi connectivity index (χ1v) is 8.93. The summed E-state index contributed by atoms with van der Waals surface area (Å²) in [6.45, 7) is 3.04. The Bertz CT molecular complexity index is 971. The number of piperidine rings is 1. The van der Waals surface area contributed by atoms with Gasteiger partial charge in [-0.2, -0.15) is 4.98 Å². The molecular weight excluding hydrogens is 346 g/mol. The number of pyridine rings is 1. The smallest absolute Gasteiger partial charge is 0.321 e. The molecule has 1 aliphatic rings. The number of hydrogen-bond donors (Lipinski definition) is 1. The molecule has 0 unspecified atom stereocenters. The Balaban J connectivity index is 1.53. The molecule has 2 amide bonds. The molecule has 1 aromatic carbocycles. The molecule has 1 N–H and O–H groups in total. The number of carbonyl (C=O) groups is 1. The maximum Gasteiger partial charge on any atom is 0.321 e. The van der Waals surface area contributed by atoms with E-state index in [-0.39, 0.29) is 11.9 Å². The van der Waals surface area contributed by atoms with Crippen LogP contribution in [0.25, 0.3) is 10.9 Å². The Kier molecular flexibility index (Phi) is 4.62. The molecule has 140 valence electrons. The van der Waals surface area contributed by atoms with Crippen LogP contribution in [0.5, 0.6) is 5.75 Å². The van der Waals surface area contributed by atoms with Crippen LogP contribution in [0.15, 0.2) is 35.0 Å². The highest BCUT2D eigenvalue weighted by Crippen LogP contribution is 2.31. The van der Waals surface area contributed by atoms with E-state index in [1.54, 1.807) is 25.1 Å². The van der Waals surface area contributed by atoms with Crippen molar-refractivity contribution in [1.82, 2.24) is 20.0 Å². The van der Waals surface area contributed by atoms with Gasteiger partial charge in [-0.3, -0.25) is 4.98 Å². The number of amides is 2. The highest BCUT2D eigenvalue weighted by atomic mass is 16.5. The second-order valence-electron chi connectivity index (χ2n) is 6.61. The zero-order valence-electron chi connectivity index (χ0n) is 15.3. The van der Waals surface area contributed by atoms with Gasteiger partial charge >= 0.3 is 6.03 Å². The van der Waals surface area contributed by atoms with Crippen LogP contribution in [0.4, 0.5) is 10.5 Å². The molecule has 4 rings (SSSR count). The van der Waals surface area contributed by atoms with Crippen molar-refractivity contribution >= 4 is 22.6 Å². The molecule has 27 heavy (non-hydrogen) atoms. The van der Waals surface area contributed by atoms with Gasteiger partial charge < -0.3 is 19.5 Å². The predicted octanol–water partition coefficient (Wildman–Crippen LogP) is 3.35. The van der Waals surface area contributed by atoms with Gasteiger partial charge in [0.05, 0.1) is 24.2 Å². The van der Waals surface area contributed by atoms with Gasteiger partial charge in [-0.05, 0) is 44.0 Å². The van der Waals surface area contributed by atoms with Gasteiger partial charge in [0.15, 0.2) is 5.82 Å². The molecule has 1 fully saturated rings. The molecule has 1 saturated heterocycles. The molecule has 0 spiro atoms. The van der Waals surface area contributed by atoms with Crippen LogP contribution in [-0.4, -0.2) is 46.3 Å². The SMILES string of the molecule is COc1ccc(NC(=O)N2CCC[C@@H](c3nc(C)no3)C2)c2ncccc12. The van der Waals surface area contributed by atoms with Gasteiger partial charge in [-0.15, -0.1) is 0 Å². The number of nitrogens with one attached hydrogen (secondary N) is 1. The fourth-order valence-electron chi connectivity index (χ4n) is 3.46. The molecule has 3 aromatic rings. The Morgan fingerprint density at radius 2 is 2.26 bits per heavy atom. The van der Waals surface area contributed by atoms with Crippen LogP contribution in [0.2, 0.25) is 0 Å². The van der Waals surface area contributed by atoms with E-state index in [0.717, 1.165) is 24.0 Å². The Morgan fingerprint density at radius 3 is 3.04 bits per heavy atom. The lowest BCUT2D eigenvalue weighted by Crippen LogP contribution is -2.41. The maximum absolute atomic E-state index is 12.8. The molecule has 8 nitrogen and oxygen atoms in total. The van der Waals surface area contributed by atoms with Crippen LogP contribution in [0, 0.1) is 6.92 Å². The van der Waals surface area contributed by atoms with E-state index < -0.39 is 0 Å². The summed E-state index contributed by atoms with van der Waals surface area (Å²) in [5.41, 5.74) is 1.36. The zero-order chi connectivity index (χ0) is 18.8. The highest BCUT2D eigenvalue weighted by Gasteiger charge is 2.28. The molecule has 0 aliphatic carbocycles. The summed E-state index contributed by atoms with van der Waals surface area (Å²) in [4.78, 5) is 23.3. The largest absolute Gasteiger partial charge is 0.496 e. The first-order valence-electron chi connectivity index (χ1n) is 8.93. The third-order valence-electron chi connectivity index (χ3n) is 4.79. The first kappa shape index (κ1) is 17.3. The molecule has 0 saturated carbocycles. The van der Waals surface area contributed by atoms with Gasteiger partial charge in [-0.25, -0.2) is 4.79 Å². The van der Waals surface area contributed by atoms with E-state index in [0.29, 0.717) is 36.0 Å². The van der Waals surface area contributed by atoms with Crippen molar-refractivity contribution in [3.63, 3.8) is 0 Å². The number of aromatic nitrogens is 3. The number of nitrogens with zero attached hydrogens (tertiary/aromatic N) is 4. The van der Waals surface area contributed by atoms with Crippen molar-refractivity contribution in [3.8, 4) is 5.75 Å². The van der Waals surface area contributed by atoms with Crippen LogP contribution < -0.4 is 10.1 Å². The van der Waals surface area contributed by atoms with Crippen molar-refractivity contribution < 1.29 is 14.1 Å². The van der Waals surface area contributed by atoms with Gasteiger partial charge in [0, 0.05) is 24.7 Å². The second kappa shape index (κ2) is 7.22. The van der Waals surface area contributed by atoms with E-state index in [9.17, 15) is 4.79 Å². The molecule has 1 aliphatic heterocycles. The minimum Gasteiger partial charge on any atom is -0.496 e. The van der Waals surface area contributed by atoms with Gasteiger partial charge in [0.25, 0.3) is 0 Å². The fourth-order valence-corrected chi connectivity index (χ4v) is 3.46. The van der Waals surface area contributed by atoms with Crippen molar-refractivity contribution in [2.24, 2.45) is 0 Å². The molecule has 0 radical (unpaired) electrons. The standard InChI is InChI=1S/C19H21N5O3/c1-12-21-18(27-23-12)13-5-4-10-24(11-13)19(25)22-15-7-8-16(26-2)14-6-3-9-20-17(14)15/h3,6-9,13H,4-5,10-11H2,1-2H3,(H,22,25)/t13-/m1/s1. The number of benzene rings is 1. The Labute approximate surface area is 156 Å². The van der Waals surface area contributed by atoms with E-state index >= 15 is 0 Å². The number of hydrogen-bond acceptors (Lipinski definition) is 6. The lowest BCUT2D eigenvalue weighted by atomic mass is 9.98. The fraction of sp³-hybridized carbons (Fsp3) is 0.368. The Morgan fingerprint density at radius 1 is 1.37 bits per heavy atom. The van der Waals surface area contributed by atoms with E-state index in [4.69, 9.17) is 9.26 Å². The highest BCUT2D eigenvalue weighted by molar-refractivity contribution is 6.01. The number of fused-ring (bicyclic) bond motifs is 1. The molecular formula is C19H21N5O3. The number of aryl methyl sites for hydroxylation is 1. The first-order chi connectivity index (χ1) is 13.2. The summed E-state index contributed by atoms with van der Waals surface area (Å²) in [5.74, 6) is 2.00. The molecule has 2 aromatic heterocycles. The summed E-state index contributed by atoms with van der Waals surface area (Å²) in [5, 5.41) is 7.70. The monoisotopic (exact) mass is 367 g/mol. The lowest BCUT2D eigenvalue weighted by Gasteiger charge is -2.31. The van der Waals surface area contributed by atoms with Crippen molar-refractivity contribution in [3.05, 3.63) is 42.2 Å². The molecule has 3 heterocycles. The maximum atomic E-state index is 12.8. The minimum absolute atomic E-state index is 0.0661. The summed E-state index contributed by atoms with van der Waals surface area (Å²) < 4.78 is 10.7. The van der Waals surface area contributed by atoms with Crippen LogP contribution in [0.1, 0.15) is 30.5 Å².